The Bertz CT molecular complexity index is 952. The summed E-state index contributed by atoms with van der Waals surface area (Å²) in [5.41, 5.74) is 3.31. The summed E-state index contributed by atoms with van der Waals surface area (Å²) >= 11 is 1.26. The van der Waals surface area contributed by atoms with Crippen LogP contribution in [0.2, 0.25) is 0 Å². The molecule has 2 aromatic heterocycles. The van der Waals surface area contributed by atoms with Gasteiger partial charge in [-0.25, -0.2) is 0 Å². The van der Waals surface area contributed by atoms with Gasteiger partial charge in [-0.1, -0.05) is 17.8 Å². The predicted octanol–water partition coefficient (Wildman–Crippen LogP) is 2.00. The average Bonchev–Trinajstić information content (AvgIpc) is 3.37. The molecule has 1 aromatic carbocycles. The lowest BCUT2D eigenvalue weighted by molar-refractivity contribution is -0.124. The van der Waals surface area contributed by atoms with Crippen molar-refractivity contribution in [2.75, 3.05) is 12.3 Å². The van der Waals surface area contributed by atoms with Crippen molar-refractivity contribution in [1.82, 2.24) is 25.4 Å². The second-order valence-corrected chi connectivity index (χ2v) is 7.12. The van der Waals surface area contributed by atoms with Crippen molar-refractivity contribution in [2.45, 2.75) is 25.5 Å². The zero-order valence-corrected chi connectivity index (χ0v) is 16.5. The molecule has 0 aliphatic carbocycles. The highest BCUT2D eigenvalue weighted by molar-refractivity contribution is 7.99. The Hall–Kier alpha value is -3.07. The second-order valence-electron chi connectivity index (χ2n) is 6.17. The van der Waals surface area contributed by atoms with Gasteiger partial charge < -0.3 is 15.1 Å². The topological polar surface area (TPSA) is 102 Å². The number of benzene rings is 1. The molecule has 8 nitrogen and oxygen atoms in total. The Morgan fingerprint density at radius 2 is 2.00 bits per heavy atom. The lowest BCUT2D eigenvalue weighted by Gasteiger charge is -2.09. The number of hydrogen-bond donors (Lipinski definition) is 2. The quantitative estimate of drug-likeness (QED) is 0.562. The number of amides is 2. The van der Waals surface area contributed by atoms with Gasteiger partial charge in [-0.2, -0.15) is 0 Å². The predicted molar refractivity (Wildman–Crippen MR) is 105 cm³/mol. The molecule has 0 radical (unpaired) electrons. The van der Waals surface area contributed by atoms with Crippen LogP contribution >= 0.6 is 11.8 Å². The highest BCUT2D eigenvalue weighted by Gasteiger charge is 2.12. The molecule has 0 spiro atoms. The zero-order valence-electron chi connectivity index (χ0n) is 15.6. The van der Waals surface area contributed by atoms with E-state index in [2.05, 4.69) is 27.8 Å². The van der Waals surface area contributed by atoms with E-state index in [1.807, 2.05) is 29.7 Å². The summed E-state index contributed by atoms with van der Waals surface area (Å²) < 4.78 is 6.96. The monoisotopic (exact) mass is 399 g/mol. The van der Waals surface area contributed by atoms with Crippen LogP contribution in [-0.4, -0.2) is 38.9 Å². The molecule has 0 aliphatic heterocycles. The summed E-state index contributed by atoms with van der Waals surface area (Å²) in [5, 5.41) is 13.9. The number of aromatic nitrogens is 3. The van der Waals surface area contributed by atoms with Crippen molar-refractivity contribution in [3.63, 3.8) is 0 Å². The highest BCUT2D eigenvalue weighted by Crippen LogP contribution is 2.21. The van der Waals surface area contributed by atoms with Gasteiger partial charge in [-0.15, -0.1) is 10.2 Å². The molecule has 3 aromatic rings. The molecule has 146 valence electrons. The van der Waals surface area contributed by atoms with Crippen molar-refractivity contribution in [3.05, 3.63) is 59.8 Å². The number of aryl methyl sites for hydroxylation is 2. The molecule has 0 saturated heterocycles. The van der Waals surface area contributed by atoms with Gasteiger partial charge in [-0.3, -0.25) is 14.2 Å². The maximum absolute atomic E-state index is 12.0. The molecule has 0 aliphatic rings. The Labute approximate surface area is 166 Å². The van der Waals surface area contributed by atoms with Crippen molar-refractivity contribution in [3.8, 4) is 5.69 Å². The number of furan rings is 1. The minimum Gasteiger partial charge on any atom is -0.467 e. The summed E-state index contributed by atoms with van der Waals surface area (Å²) in [7, 11) is 0. The number of nitrogens with zero attached hydrogens (tertiary/aromatic N) is 3. The summed E-state index contributed by atoms with van der Waals surface area (Å²) in [6, 6.07) is 9.58. The number of nitrogens with one attached hydrogen (secondary N) is 2. The molecule has 0 fully saturated rings. The van der Waals surface area contributed by atoms with Gasteiger partial charge in [0.15, 0.2) is 5.16 Å². The molecule has 9 heteroatoms. The van der Waals surface area contributed by atoms with Gasteiger partial charge in [-0.05, 0) is 49.2 Å². The van der Waals surface area contributed by atoms with Crippen LogP contribution in [0.3, 0.4) is 0 Å². The number of thioether (sulfide) groups is 1. The molecule has 3 rings (SSSR count). The Morgan fingerprint density at radius 1 is 1.14 bits per heavy atom. The maximum atomic E-state index is 12.0. The van der Waals surface area contributed by atoms with Crippen LogP contribution in [0.4, 0.5) is 0 Å². The van der Waals surface area contributed by atoms with E-state index in [9.17, 15) is 9.59 Å². The van der Waals surface area contributed by atoms with E-state index >= 15 is 0 Å². The smallest absolute Gasteiger partial charge is 0.239 e. The van der Waals surface area contributed by atoms with Crippen molar-refractivity contribution < 1.29 is 14.0 Å². The van der Waals surface area contributed by atoms with Crippen LogP contribution in [0.25, 0.3) is 5.69 Å². The van der Waals surface area contributed by atoms with Crippen molar-refractivity contribution >= 4 is 23.6 Å². The van der Waals surface area contributed by atoms with Crippen LogP contribution in [0.1, 0.15) is 16.9 Å². The fraction of sp³-hybridized carbons (Fsp3) is 0.263. The van der Waals surface area contributed by atoms with Gasteiger partial charge in [0.2, 0.25) is 11.8 Å². The normalized spacial score (nSPS) is 10.6. The largest absolute Gasteiger partial charge is 0.467 e. The van der Waals surface area contributed by atoms with E-state index < -0.39 is 0 Å². The van der Waals surface area contributed by atoms with E-state index in [-0.39, 0.29) is 30.7 Å². The third-order valence-electron chi connectivity index (χ3n) is 4.10. The molecular formula is C19H21N5O3S. The van der Waals surface area contributed by atoms with Crippen LogP contribution in [0.5, 0.6) is 0 Å². The minimum absolute atomic E-state index is 0.0933. The van der Waals surface area contributed by atoms with Crippen LogP contribution < -0.4 is 10.6 Å². The summed E-state index contributed by atoms with van der Waals surface area (Å²) in [4.78, 5) is 23.8. The Balaban J connectivity index is 1.46. The fourth-order valence-electron chi connectivity index (χ4n) is 2.40. The van der Waals surface area contributed by atoms with Gasteiger partial charge in [0, 0.05) is 5.69 Å². The van der Waals surface area contributed by atoms with Gasteiger partial charge in [0.05, 0.1) is 25.1 Å². The molecule has 2 N–H and O–H groups in total. The lowest BCUT2D eigenvalue weighted by Crippen LogP contribution is -2.37. The second kappa shape index (κ2) is 9.23. The van der Waals surface area contributed by atoms with E-state index in [1.54, 1.807) is 18.5 Å². The Morgan fingerprint density at radius 3 is 2.75 bits per heavy atom. The summed E-state index contributed by atoms with van der Waals surface area (Å²) in [6.07, 6.45) is 3.16. The Kier molecular flexibility index (Phi) is 6.49. The zero-order chi connectivity index (χ0) is 19.9. The molecule has 0 unspecified atom stereocenters. The lowest BCUT2D eigenvalue weighted by atomic mass is 10.1. The van der Waals surface area contributed by atoms with Crippen molar-refractivity contribution in [2.24, 2.45) is 0 Å². The first-order valence-electron chi connectivity index (χ1n) is 8.69. The van der Waals surface area contributed by atoms with E-state index in [4.69, 9.17) is 4.42 Å². The van der Waals surface area contributed by atoms with Crippen molar-refractivity contribution in [1.29, 1.82) is 0 Å². The standard InChI is InChI=1S/C19H21N5O3S/c1-13-5-6-15(8-14(13)2)24-12-22-23-19(24)28-11-18(26)21-10-17(25)20-9-16-4-3-7-27-16/h3-8,12H,9-11H2,1-2H3,(H,20,25)(H,21,26). The fourth-order valence-corrected chi connectivity index (χ4v) is 3.16. The molecule has 28 heavy (non-hydrogen) atoms. The highest BCUT2D eigenvalue weighted by atomic mass is 32.2. The number of carbonyl (C=O) groups excluding carboxylic acids is 2. The van der Waals surface area contributed by atoms with Gasteiger partial charge >= 0.3 is 0 Å². The maximum Gasteiger partial charge on any atom is 0.239 e. The molecule has 0 bridgehead atoms. The van der Waals surface area contributed by atoms with Gasteiger partial charge in [0.1, 0.15) is 12.1 Å². The van der Waals surface area contributed by atoms with E-state index in [0.717, 1.165) is 5.69 Å². The first-order valence-corrected chi connectivity index (χ1v) is 9.67. The first kappa shape index (κ1) is 19.7. The molecule has 0 atom stereocenters. The van der Waals surface area contributed by atoms with Gasteiger partial charge in [0.25, 0.3) is 0 Å². The minimum atomic E-state index is -0.284. The molecule has 0 saturated carbocycles. The summed E-state index contributed by atoms with van der Waals surface area (Å²) in [5.74, 6) is 0.247. The van der Waals surface area contributed by atoms with E-state index in [0.29, 0.717) is 10.9 Å². The van der Waals surface area contributed by atoms with Crippen LogP contribution in [0, 0.1) is 13.8 Å². The average molecular weight is 399 g/mol. The van der Waals surface area contributed by atoms with E-state index in [1.165, 1.54) is 29.2 Å². The number of hydrogen-bond acceptors (Lipinski definition) is 6. The first-order chi connectivity index (χ1) is 13.5. The molecular weight excluding hydrogens is 378 g/mol. The van der Waals surface area contributed by atoms with Crippen LogP contribution in [0.15, 0.2) is 52.5 Å². The molecule has 2 heterocycles. The summed E-state index contributed by atoms with van der Waals surface area (Å²) in [6.45, 7) is 4.29. The van der Waals surface area contributed by atoms with Crippen LogP contribution in [-0.2, 0) is 16.1 Å². The third kappa shape index (κ3) is 5.23. The number of carbonyl (C=O) groups is 2. The molecule has 2 amide bonds. The third-order valence-corrected chi connectivity index (χ3v) is 5.05. The SMILES string of the molecule is Cc1ccc(-n2cnnc2SCC(=O)NCC(=O)NCc2ccco2)cc1C. The number of rotatable bonds is 8.